The molecule has 6 nitrogen and oxygen atoms in total. The first-order valence-corrected chi connectivity index (χ1v) is 7.59. The van der Waals surface area contributed by atoms with Crippen LogP contribution in [0.3, 0.4) is 0 Å². The van der Waals surface area contributed by atoms with Crippen LogP contribution >= 0.6 is 11.8 Å². The first-order valence-electron chi connectivity index (χ1n) is 6.61. The predicted octanol–water partition coefficient (Wildman–Crippen LogP) is 3.30. The fourth-order valence-electron chi connectivity index (χ4n) is 1.75. The maximum Gasteiger partial charge on any atom is 0.316 e. The van der Waals surface area contributed by atoms with Gasteiger partial charge >= 0.3 is 5.97 Å². The van der Waals surface area contributed by atoms with Gasteiger partial charge in [-0.3, -0.25) is 14.9 Å². The number of para-hydroxylation sites is 1. The third-order valence-corrected chi connectivity index (χ3v) is 3.93. The van der Waals surface area contributed by atoms with Gasteiger partial charge in [0.2, 0.25) is 0 Å². The van der Waals surface area contributed by atoms with Gasteiger partial charge in [-0.15, -0.1) is 11.8 Å². The Morgan fingerprint density at radius 1 is 1.22 bits per heavy atom. The van der Waals surface area contributed by atoms with Crippen molar-refractivity contribution in [2.45, 2.75) is 11.5 Å². The van der Waals surface area contributed by atoms with E-state index in [4.69, 9.17) is 10.00 Å². The summed E-state index contributed by atoms with van der Waals surface area (Å²) in [4.78, 5) is 22.6. The van der Waals surface area contributed by atoms with Crippen LogP contribution in [0.2, 0.25) is 0 Å². The van der Waals surface area contributed by atoms with Gasteiger partial charge in [0.1, 0.15) is 6.61 Å². The molecule has 2 rings (SSSR count). The molecule has 0 unspecified atom stereocenters. The summed E-state index contributed by atoms with van der Waals surface area (Å²) in [6, 6.07) is 15.0. The molecule has 116 valence electrons. The van der Waals surface area contributed by atoms with E-state index in [-0.39, 0.29) is 18.0 Å². The van der Waals surface area contributed by atoms with Crippen molar-refractivity contribution in [3.8, 4) is 6.07 Å². The van der Waals surface area contributed by atoms with Gasteiger partial charge < -0.3 is 4.74 Å². The maximum absolute atomic E-state index is 11.7. The number of benzene rings is 2. The number of nitrogens with zero attached hydrogens (tertiary/aromatic N) is 2. The van der Waals surface area contributed by atoms with Gasteiger partial charge in [0.25, 0.3) is 5.69 Å². The number of ether oxygens (including phenoxy) is 1. The lowest BCUT2D eigenvalue weighted by molar-refractivity contribution is -0.387. The molecule has 0 radical (unpaired) electrons. The number of nitriles is 1. The highest BCUT2D eigenvalue weighted by Crippen LogP contribution is 2.28. The fraction of sp³-hybridized carbons (Fsp3) is 0.125. The van der Waals surface area contributed by atoms with Crippen molar-refractivity contribution in [1.82, 2.24) is 0 Å². The van der Waals surface area contributed by atoms with Crippen LogP contribution in [-0.2, 0) is 16.1 Å². The van der Waals surface area contributed by atoms with Crippen LogP contribution in [0.5, 0.6) is 0 Å². The van der Waals surface area contributed by atoms with Crippen LogP contribution in [0.1, 0.15) is 11.1 Å². The predicted molar refractivity (Wildman–Crippen MR) is 84.8 cm³/mol. The topological polar surface area (TPSA) is 93.2 Å². The number of thioether (sulfide) groups is 1. The van der Waals surface area contributed by atoms with Gasteiger partial charge in [0.05, 0.1) is 27.2 Å². The summed E-state index contributed by atoms with van der Waals surface area (Å²) in [7, 11) is 0. The van der Waals surface area contributed by atoms with E-state index in [2.05, 4.69) is 0 Å². The summed E-state index contributed by atoms with van der Waals surface area (Å²) in [5, 5.41) is 19.6. The minimum Gasteiger partial charge on any atom is -0.460 e. The van der Waals surface area contributed by atoms with E-state index in [1.807, 2.05) is 6.07 Å². The van der Waals surface area contributed by atoms with Crippen molar-refractivity contribution in [2.24, 2.45) is 0 Å². The summed E-state index contributed by atoms with van der Waals surface area (Å²) < 4.78 is 5.11. The Bertz CT molecular complexity index is 753. The number of rotatable bonds is 6. The number of nitro groups is 1. The SMILES string of the molecule is N#Cc1ccc(COC(=O)CSc2ccccc2[N+](=O)[O-])cc1. The lowest BCUT2D eigenvalue weighted by Crippen LogP contribution is -2.07. The largest absolute Gasteiger partial charge is 0.460 e. The first-order chi connectivity index (χ1) is 11.1. The molecule has 0 saturated carbocycles. The van der Waals surface area contributed by atoms with E-state index in [9.17, 15) is 14.9 Å². The molecule has 0 atom stereocenters. The molecule has 0 aromatic heterocycles. The van der Waals surface area contributed by atoms with E-state index in [0.29, 0.717) is 10.5 Å². The van der Waals surface area contributed by atoms with E-state index in [1.165, 1.54) is 6.07 Å². The Kier molecular flexibility index (Phi) is 5.72. The third kappa shape index (κ3) is 4.83. The van der Waals surface area contributed by atoms with Crippen molar-refractivity contribution in [3.63, 3.8) is 0 Å². The van der Waals surface area contributed by atoms with E-state index in [0.717, 1.165) is 17.3 Å². The molecule has 2 aromatic rings. The second kappa shape index (κ2) is 7.96. The molecule has 0 amide bonds. The Labute approximate surface area is 136 Å². The van der Waals surface area contributed by atoms with Crippen LogP contribution < -0.4 is 0 Å². The van der Waals surface area contributed by atoms with Crippen LogP contribution in [0, 0.1) is 21.4 Å². The maximum atomic E-state index is 11.7. The minimum atomic E-state index is -0.482. The van der Waals surface area contributed by atoms with Gasteiger partial charge in [-0.2, -0.15) is 5.26 Å². The highest BCUT2D eigenvalue weighted by Gasteiger charge is 2.14. The standard InChI is InChI=1S/C16H12N2O4S/c17-9-12-5-7-13(8-6-12)10-22-16(19)11-23-15-4-2-1-3-14(15)18(20)21/h1-8H,10-11H2. The van der Waals surface area contributed by atoms with E-state index in [1.54, 1.807) is 42.5 Å². The number of hydrogen-bond donors (Lipinski definition) is 0. The molecule has 0 aliphatic carbocycles. The molecule has 2 aromatic carbocycles. The number of hydrogen-bond acceptors (Lipinski definition) is 6. The lowest BCUT2D eigenvalue weighted by Gasteiger charge is -2.05. The van der Waals surface area contributed by atoms with Gasteiger partial charge in [-0.25, -0.2) is 0 Å². The second-order valence-corrected chi connectivity index (χ2v) is 5.50. The average molecular weight is 328 g/mol. The van der Waals surface area contributed by atoms with Crippen LogP contribution in [0.15, 0.2) is 53.4 Å². The Morgan fingerprint density at radius 3 is 2.57 bits per heavy atom. The van der Waals surface area contributed by atoms with Crippen molar-refractivity contribution in [3.05, 3.63) is 69.8 Å². The average Bonchev–Trinajstić information content (AvgIpc) is 2.58. The zero-order chi connectivity index (χ0) is 16.7. The number of nitro benzene ring substituents is 1. The summed E-state index contributed by atoms with van der Waals surface area (Å²) >= 11 is 1.07. The molecule has 7 heteroatoms. The summed E-state index contributed by atoms with van der Waals surface area (Å²) in [5.74, 6) is -0.473. The second-order valence-electron chi connectivity index (χ2n) is 4.48. The molecular weight excluding hydrogens is 316 g/mol. The van der Waals surface area contributed by atoms with Crippen LogP contribution in [0.4, 0.5) is 5.69 Å². The van der Waals surface area contributed by atoms with Gasteiger partial charge in [0.15, 0.2) is 0 Å². The molecular formula is C16H12N2O4S. The smallest absolute Gasteiger partial charge is 0.316 e. The Morgan fingerprint density at radius 2 is 1.91 bits per heavy atom. The Hall–Kier alpha value is -2.85. The monoisotopic (exact) mass is 328 g/mol. The molecule has 23 heavy (non-hydrogen) atoms. The van der Waals surface area contributed by atoms with E-state index >= 15 is 0 Å². The summed E-state index contributed by atoms with van der Waals surface area (Å²) in [5.41, 5.74) is 1.28. The van der Waals surface area contributed by atoms with E-state index < -0.39 is 10.9 Å². The minimum absolute atomic E-state index is 0.0128. The number of carbonyl (C=O) groups excluding carboxylic acids is 1. The van der Waals surface area contributed by atoms with Crippen molar-refractivity contribution < 1.29 is 14.5 Å². The van der Waals surface area contributed by atoms with Crippen molar-refractivity contribution in [2.75, 3.05) is 5.75 Å². The first kappa shape index (κ1) is 16.5. The van der Waals surface area contributed by atoms with Crippen LogP contribution in [-0.4, -0.2) is 16.6 Å². The molecule has 0 aliphatic rings. The van der Waals surface area contributed by atoms with Crippen molar-refractivity contribution in [1.29, 1.82) is 5.26 Å². The highest BCUT2D eigenvalue weighted by molar-refractivity contribution is 8.00. The van der Waals surface area contributed by atoms with Crippen molar-refractivity contribution >= 4 is 23.4 Å². The summed E-state index contributed by atoms with van der Waals surface area (Å²) in [6.07, 6.45) is 0. The normalized spacial score (nSPS) is 9.87. The van der Waals surface area contributed by atoms with Gasteiger partial charge in [-0.05, 0) is 23.8 Å². The lowest BCUT2D eigenvalue weighted by atomic mass is 10.2. The molecule has 0 fully saturated rings. The zero-order valence-corrected chi connectivity index (χ0v) is 12.8. The molecule has 0 spiro atoms. The van der Waals surface area contributed by atoms with Crippen LogP contribution in [0.25, 0.3) is 0 Å². The third-order valence-electron chi connectivity index (χ3n) is 2.89. The number of carbonyl (C=O) groups is 1. The summed E-state index contributed by atoms with van der Waals surface area (Å²) in [6.45, 7) is 0.0992. The fourth-order valence-corrected chi connectivity index (χ4v) is 2.57. The van der Waals surface area contributed by atoms with Gasteiger partial charge in [-0.1, -0.05) is 24.3 Å². The molecule has 0 bridgehead atoms. The quantitative estimate of drug-likeness (QED) is 0.349. The highest BCUT2D eigenvalue weighted by atomic mass is 32.2. The van der Waals surface area contributed by atoms with Gasteiger partial charge in [0, 0.05) is 6.07 Å². The Balaban J connectivity index is 1.86. The molecule has 0 N–H and O–H groups in total. The molecule has 0 saturated heterocycles. The molecule has 0 heterocycles. The molecule has 0 aliphatic heterocycles. The zero-order valence-electron chi connectivity index (χ0n) is 12.0. The number of esters is 1.